The molecule has 0 spiro atoms. The Bertz CT molecular complexity index is 749. The van der Waals surface area contributed by atoms with Crippen LogP contribution in [0.5, 0.6) is 11.5 Å². The van der Waals surface area contributed by atoms with Gasteiger partial charge in [0.25, 0.3) is 0 Å². The van der Waals surface area contributed by atoms with E-state index in [1.54, 1.807) is 24.3 Å². The van der Waals surface area contributed by atoms with E-state index in [1.807, 2.05) is 0 Å². The van der Waals surface area contributed by atoms with Crippen LogP contribution in [0, 0.1) is 0 Å². The second-order valence-corrected chi connectivity index (χ2v) is 4.91. The van der Waals surface area contributed by atoms with Crippen molar-refractivity contribution in [3.63, 3.8) is 0 Å². The van der Waals surface area contributed by atoms with Crippen molar-refractivity contribution in [2.45, 2.75) is 0 Å². The zero-order valence-corrected chi connectivity index (χ0v) is 8.64. The number of hydrogen-bond acceptors (Lipinski definition) is 5. The van der Waals surface area contributed by atoms with Crippen LogP contribution < -0.4 is 19.2 Å². The lowest BCUT2D eigenvalue weighted by Gasteiger charge is -2.14. The van der Waals surface area contributed by atoms with Crippen molar-refractivity contribution in [2.75, 3.05) is 0 Å². The summed E-state index contributed by atoms with van der Waals surface area (Å²) in [6.45, 7) is 0. The molecule has 0 amide bonds. The van der Waals surface area contributed by atoms with E-state index in [1.165, 1.54) is 0 Å². The van der Waals surface area contributed by atoms with Crippen LogP contribution in [-0.4, -0.2) is 4.73 Å². The number of benzene rings is 1. The predicted octanol–water partition coefficient (Wildman–Crippen LogP) is 1.32. The lowest BCUT2D eigenvalue weighted by molar-refractivity contribution is 0.192. The minimum Gasteiger partial charge on any atom is -0.380 e. The number of aromatic nitrogens is 1. The van der Waals surface area contributed by atoms with E-state index >= 15 is 0 Å². The number of para-hydroxylation sites is 1. The highest BCUT2D eigenvalue weighted by Gasteiger charge is 2.49. The summed E-state index contributed by atoms with van der Waals surface area (Å²) in [7, 11) is -3.66. The SMILES string of the molecule is O=c1c2c3c4ccccc4n1OP(=O)(O2)O3. The lowest BCUT2D eigenvalue weighted by atomic mass is 10.2. The van der Waals surface area contributed by atoms with Crippen LogP contribution in [0.25, 0.3) is 10.9 Å². The van der Waals surface area contributed by atoms with Gasteiger partial charge in [-0.25, -0.2) is 0 Å². The summed E-state index contributed by atoms with van der Waals surface area (Å²) in [5.74, 6) is 0.172. The zero-order chi connectivity index (χ0) is 10.9. The summed E-state index contributed by atoms with van der Waals surface area (Å²) in [6, 6.07) is 6.98. The van der Waals surface area contributed by atoms with Crippen molar-refractivity contribution in [3.8, 4) is 11.5 Å². The molecule has 16 heavy (non-hydrogen) atoms. The lowest BCUT2D eigenvalue weighted by Crippen LogP contribution is -2.30. The number of phosphoric ester groups is 1. The summed E-state index contributed by atoms with van der Waals surface area (Å²) in [5.41, 5.74) is 0.0324. The van der Waals surface area contributed by atoms with Gasteiger partial charge in [-0.2, -0.15) is 4.57 Å². The summed E-state index contributed by atoms with van der Waals surface area (Å²) in [4.78, 5) is 11.8. The molecule has 7 heteroatoms. The molecule has 6 nitrogen and oxygen atoms in total. The van der Waals surface area contributed by atoms with Crippen LogP contribution in [-0.2, 0) is 4.57 Å². The van der Waals surface area contributed by atoms with Gasteiger partial charge in [0.2, 0.25) is 5.75 Å². The molecule has 4 rings (SSSR count). The molecule has 0 saturated heterocycles. The molecule has 0 radical (unpaired) electrons. The number of pyridine rings is 1. The molecule has 1 atom stereocenters. The summed E-state index contributed by atoms with van der Waals surface area (Å²) >= 11 is 0. The molecule has 1 aromatic carbocycles. The Morgan fingerprint density at radius 2 is 1.88 bits per heavy atom. The van der Waals surface area contributed by atoms with Crippen LogP contribution in [0.2, 0.25) is 0 Å². The van der Waals surface area contributed by atoms with Crippen molar-refractivity contribution in [3.05, 3.63) is 34.6 Å². The van der Waals surface area contributed by atoms with Gasteiger partial charge in [-0.1, -0.05) is 12.1 Å². The van der Waals surface area contributed by atoms with E-state index in [-0.39, 0.29) is 11.5 Å². The first kappa shape index (κ1) is 8.24. The molecule has 3 bridgehead atoms. The standard InChI is InChI=1S/C9H4NO5P/c11-9-8-7-5-3-1-2-4-6(5)10(9)15-16(12,13-7)14-8/h1-4H. The fourth-order valence-corrected chi connectivity index (χ4v) is 3.15. The first-order valence-corrected chi connectivity index (χ1v) is 6.01. The molecule has 0 saturated carbocycles. The third-order valence-electron chi connectivity index (χ3n) is 2.54. The predicted molar refractivity (Wildman–Crippen MR) is 53.7 cm³/mol. The minimum atomic E-state index is -3.66. The quantitative estimate of drug-likeness (QED) is 0.646. The van der Waals surface area contributed by atoms with E-state index in [4.69, 9.17) is 13.7 Å². The van der Waals surface area contributed by atoms with E-state index in [0.29, 0.717) is 10.9 Å². The van der Waals surface area contributed by atoms with Crippen molar-refractivity contribution < 1.29 is 18.2 Å². The first-order valence-electron chi connectivity index (χ1n) is 4.55. The minimum absolute atomic E-state index is 0.0340. The molecule has 0 fully saturated rings. The number of phosphoric acid groups is 1. The Morgan fingerprint density at radius 3 is 2.75 bits per heavy atom. The van der Waals surface area contributed by atoms with Gasteiger partial charge in [0.05, 0.1) is 5.52 Å². The number of rotatable bonds is 0. The monoisotopic (exact) mass is 237 g/mol. The second kappa shape index (κ2) is 2.25. The molecule has 1 aromatic heterocycles. The summed E-state index contributed by atoms with van der Waals surface area (Å²) < 4.78 is 27.7. The van der Waals surface area contributed by atoms with Gasteiger partial charge in [-0.15, -0.1) is 4.73 Å². The molecule has 3 heterocycles. The van der Waals surface area contributed by atoms with Crippen molar-refractivity contribution in [1.29, 1.82) is 0 Å². The van der Waals surface area contributed by atoms with Crippen LogP contribution in [0.15, 0.2) is 29.1 Å². The Kier molecular flexibility index (Phi) is 1.16. The third-order valence-corrected chi connectivity index (χ3v) is 3.72. The molecule has 1 unspecified atom stereocenters. The molecule has 2 aliphatic heterocycles. The van der Waals surface area contributed by atoms with Gasteiger partial charge in [-0.05, 0) is 12.1 Å². The Morgan fingerprint density at radius 1 is 1.12 bits per heavy atom. The summed E-state index contributed by atoms with van der Waals surface area (Å²) in [6.07, 6.45) is 0. The molecular formula is C9H4NO5P. The highest BCUT2D eigenvalue weighted by Crippen LogP contribution is 2.60. The van der Waals surface area contributed by atoms with Gasteiger partial charge >= 0.3 is 13.4 Å². The van der Waals surface area contributed by atoms with Gasteiger partial charge in [-0.3, -0.25) is 9.42 Å². The van der Waals surface area contributed by atoms with E-state index in [0.717, 1.165) is 4.73 Å². The zero-order valence-electron chi connectivity index (χ0n) is 7.75. The van der Waals surface area contributed by atoms with Gasteiger partial charge in [0, 0.05) is 5.39 Å². The molecule has 0 aliphatic carbocycles. The maximum atomic E-state index is 11.8. The molecule has 80 valence electrons. The molecule has 0 N–H and O–H groups in total. The average molecular weight is 237 g/mol. The Balaban J connectivity index is 2.35. The highest BCUT2D eigenvalue weighted by atomic mass is 31.2. The Labute approximate surface area is 88.5 Å². The van der Waals surface area contributed by atoms with Gasteiger partial charge in [0.1, 0.15) is 0 Å². The number of nitrogens with zero attached hydrogens (tertiary/aromatic N) is 1. The van der Waals surface area contributed by atoms with Crippen molar-refractivity contribution in [1.82, 2.24) is 4.73 Å². The van der Waals surface area contributed by atoms with Crippen molar-refractivity contribution in [2.24, 2.45) is 0 Å². The summed E-state index contributed by atoms with van der Waals surface area (Å²) in [5, 5.41) is 0.646. The molecular weight excluding hydrogens is 233 g/mol. The smallest absolute Gasteiger partial charge is 0.380 e. The molecule has 2 aromatic rings. The highest BCUT2D eigenvalue weighted by molar-refractivity contribution is 7.50. The van der Waals surface area contributed by atoms with Crippen LogP contribution >= 0.6 is 7.82 Å². The fourth-order valence-electron chi connectivity index (χ4n) is 1.89. The second-order valence-electron chi connectivity index (χ2n) is 3.49. The van der Waals surface area contributed by atoms with Crippen molar-refractivity contribution >= 4 is 18.7 Å². The van der Waals surface area contributed by atoms with Gasteiger partial charge in [0.15, 0.2) is 5.75 Å². The van der Waals surface area contributed by atoms with Crippen LogP contribution in [0.1, 0.15) is 0 Å². The van der Waals surface area contributed by atoms with Gasteiger partial charge < -0.3 is 9.05 Å². The number of fused-ring (bicyclic) bond motifs is 5. The number of hydrogen-bond donors (Lipinski definition) is 0. The van der Waals surface area contributed by atoms with Crippen LogP contribution in [0.4, 0.5) is 0 Å². The van der Waals surface area contributed by atoms with E-state index < -0.39 is 13.4 Å². The normalized spacial score (nSPS) is 24.0. The topological polar surface area (TPSA) is 66.8 Å². The van der Waals surface area contributed by atoms with Crippen LogP contribution in [0.3, 0.4) is 0 Å². The average Bonchev–Trinajstić information content (AvgIpc) is 2.51. The van der Waals surface area contributed by atoms with E-state index in [2.05, 4.69) is 0 Å². The largest absolute Gasteiger partial charge is 0.667 e. The van der Waals surface area contributed by atoms with E-state index in [9.17, 15) is 9.36 Å². The molecule has 2 aliphatic rings. The maximum Gasteiger partial charge on any atom is 0.667 e. The first-order chi connectivity index (χ1) is 7.68. The third kappa shape index (κ3) is 0.760. The Hall–Kier alpha value is -1.94. The maximum absolute atomic E-state index is 11.8. The fraction of sp³-hybridized carbons (Fsp3) is 0.